The van der Waals surface area contributed by atoms with Crippen molar-refractivity contribution < 1.29 is 23.7 Å². The van der Waals surface area contributed by atoms with Crippen LogP contribution in [0.1, 0.15) is 12.8 Å². The molecule has 6 rings (SSSR count). The van der Waals surface area contributed by atoms with Crippen molar-refractivity contribution in [2.24, 2.45) is 0 Å². The minimum absolute atomic E-state index is 0.279. The molecule has 2 saturated heterocycles. The first-order chi connectivity index (χ1) is 21.2. The maximum absolute atomic E-state index is 6.98. The van der Waals surface area contributed by atoms with Gasteiger partial charge in [0.2, 0.25) is 0 Å². The summed E-state index contributed by atoms with van der Waals surface area (Å²) in [6, 6.07) is 31.2. The molecule has 0 spiro atoms. The Hall–Kier alpha value is -4.66. The highest BCUT2D eigenvalue weighted by molar-refractivity contribution is 5.67. The molecule has 7 nitrogen and oxygen atoms in total. The molecule has 0 saturated carbocycles. The van der Waals surface area contributed by atoms with Crippen LogP contribution in [0.15, 0.2) is 97.1 Å². The van der Waals surface area contributed by atoms with Gasteiger partial charge in [-0.1, -0.05) is 72.8 Å². The highest BCUT2D eigenvalue weighted by Crippen LogP contribution is 2.26. The van der Waals surface area contributed by atoms with E-state index in [1.165, 1.54) is 0 Å². The van der Waals surface area contributed by atoms with E-state index in [9.17, 15) is 0 Å². The van der Waals surface area contributed by atoms with E-state index in [0.717, 1.165) is 73.0 Å². The smallest absolute Gasteiger partial charge is 0.187 e. The molecule has 4 aromatic carbocycles. The van der Waals surface area contributed by atoms with Gasteiger partial charge in [-0.15, -0.1) is 0 Å². The average Bonchev–Trinajstić information content (AvgIpc) is 4.01. The third-order valence-electron chi connectivity index (χ3n) is 6.86. The van der Waals surface area contributed by atoms with Crippen LogP contribution < -0.4 is 9.47 Å². The fraction of sp³-hybridized carbons (Fsp3) is 0.278. The third kappa shape index (κ3) is 9.99. The summed E-state index contributed by atoms with van der Waals surface area (Å²) in [4.78, 5) is 6.79. The largest absolute Gasteiger partial charge is 0.494 e. The molecule has 2 atom stereocenters. The predicted octanol–water partition coefficient (Wildman–Crippen LogP) is 8.16. The summed E-state index contributed by atoms with van der Waals surface area (Å²) in [6.07, 6.45) is 2.60. The standard InChI is InChI=1S/C20H21NO3.C16H13NO2/c1-21-18-8-4-16(5-9-18)17-6-10-19(11-7-17)23-13-3-2-12-22-14-20-15-24-20;1-17-14-6-2-12(3-7-14)13-4-8-15(9-5-13)18-10-16-11-19-16/h4-11,20H,2-3,12-15H2;2-9,16H,10-11H2. The molecule has 43 heavy (non-hydrogen) atoms. The van der Waals surface area contributed by atoms with Crippen molar-refractivity contribution in [1.29, 1.82) is 0 Å². The van der Waals surface area contributed by atoms with Crippen LogP contribution >= 0.6 is 0 Å². The fourth-order valence-electron chi connectivity index (χ4n) is 4.17. The Bertz CT molecular complexity index is 1500. The molecule has 0 amide bonds. The van der Waals surface area contributed by atoms with Gasteiger partial charge in [-0.2, -0.15) is 0 Å². The van der Waals surface area contributed by atoms with Crippen LogP contribution in [0.25, 0.3) is 31.9 Å². The van der Waals surface area contributed by atoms with Gasteiger partial charge in [-0.25, -0.2) is 9.69 Å². The number of unbranched alkanes of at least 4 members (excludes halogenated alkanes) is 1. The van der Waals surface area contributed by atoms with Gasteiger partial charge in [0.05, 0.1) is 39.6 Å². The normalized spacial score (nSPS) is 16.1. The first-order valence-electron chi connectivity index (χ1n) is 14.4. The molecule has 7 heteroatoms. The minimum atomic E-state index is 0.279. The maximum Gasteiger partial charge on any atom is 0.187 e. The lowest BCUT2D eigenvalue weighted by Gasteiger charge is -2.08. The lowest BCUT2D eigenvalue weighted by Crippen LogP contribution is -2.04. The maximum atomic E-state index is 6.98. The second-order valence-corrected chi connectivity index (χ2v) is 10.2. The molecule has 218 valence electrons. The lowest BCUT2D eigenvalue weighted by atomic mass is 10.1. The Kier molecular flexibility index (Phi) is 10.8. The highest BCUT2D eigenvalue weighted by Gasteiger charge is 2.23. The Morgan fingerprint density at radius 1 is 0.535 bits per heavy atom. The van der Waals surface area contributed by atoms with Crippen molar-refractivity contribution in [3.8, 4) is 33.8 Å². The van der Waals surface area contributed by atoms with Crippen LogP contribution in [-0.2, 0) is 14.2 Å². The number of epoxide rings is 2. The average molecular weight is 575 g/mol. The van der Waals surface area contributed by atoms with Crippen molar-refractivity contribution in [3.05, 3.63) is 120 Å². The zero-order valence-corrected chi connectivity index (χ0v) is 24.0. The van der Waals surface area contributed by atoms with Gasteiger partial charge in [0.25, 0.3) is 0 Å². The molecule has 0 aromatic heterocycles. The van der Waals surface area contributed by atoms with E-state index in [0.29, 0.717) is 30.7 Å². The molecule has 0 bridgehead atoms. The van der Waals surface area contributed by atoms with E-state index < -0.39 is 0 Å². The molecule has 2 unspecified atom stereocenters. The van der Waals surface area contributed by atoms with E-state index >= 15 is 0 Å². The summed E-state index contributed by atoms with van der Waals surface area (Å²) < 4.78 is 27.0. The summed E-state index contributed by atoms with van der Waals surface area (Å²) in [6.45, 7) is 18.4. The minimum Gasteiger partial charge on any atom is -0.494 e. The SMILES string of the molecule is [C-]#[N+]c1ccc(-c2ccc(OCC3CO3)cc2)cc1.[C-]#[N+]c1ccc(-c2ccc(OCCCCOCC3CO3)cc2)cc1. The number of ether oxygens (including phenoxy) is 5. The Morgan fingerprint density at radius 2 is 0.930 bits per heavy atom. The Labute approximate surface area is 253 Å². The molecule has 2 fully saturated rings. The zero-order chi connectivity index (χ0) is 29.7. The molecular weight excluding hydrogens is 540 g/mol. The van der Waals surface area contributed by atoms with Gasteiger partial charge in [0.15, 0.2) is 11.4 Å². The van der Waals surface area contributed by atoms with Gasteiger partial charge < -0.3 is 23.7 Å². The Balaban J connectivity index is 0.000000176. The van der Waals surface area contributed by atoms with Crippen LogP contribution in [0.5, 0.6) is 11.5 Å². The summed E-state index contributed by atoms with van der Waals surface area (Å²) in [7, 11) is 0. The van der Waals surface area contributed by atoms with Crippen molar-refractivity contribution in [2.45, 2.75) is 25.0 Å². The molecule has 2 heterocycles. The van der Waals surface area contributed by atoms with Gasteiger partial charge >= 0.3 is 0 Å². The van der Waals surface area contributed by atoms with Crippen LogP contribution in [0.2, 0.25) is 0 Å². The monoisotopic (exact) mass is 574 g/mol. The summed E-state index contributed by atoms with van der Waals surface area (Å²) in [5, 5.41) is 0. The summed E-state index contributed by atoms with van der Waals surface area (Å²) >= 11 is 0. The second-order valence-electron chi connectivity index (χ2n) is 10.2. The van der Waals surface area contributed by atoms with Crippen LogP contribution in [0.3, 0.4) is 0 Å². The van der Waals surface area contributed by atoms with E-state index in [1.54, 1.807) is 0 Å². The van der Waals surface area contributed by atoms with Crippen LogP contribution in [0.4, 0.5) is 11.4 Å². The molecule has 0 N–H and O–H groups in total. The number of hydrogen-bond donors (Lipinski definition) is 0. The van der Waals surface area contributed by atoms with E-state index in [1.807, 2.05) is 97.1 Å². The molecule has 0 aliphatic carbocycles. The van der Waals surface area contributed by atoms with E-state index in [4.69, 9.17) is 36.8 Å². The highest BCUT2D eigenvalue weighted by atomic mass is 16.6. The summed E-state index contributed by atoms with van der Waals surface area (Å²) in [5.74, 6) is 1.74. The topological polar surface area (TPSA) is 61.5 Å². The molecule has 2 aliphatic heterocycles. The first-order valence-corrected chi connectivity index (χ1v) is 14.4. The van der Waals surface area contributed by atoms with Crippen molar-refractivity contribution in [2.75, 3.05) is 39.6 Å². The Morgan fingerprint density at radius 3 is 1.37 bits per heavy atom. The van der Waals surface area contributed by atoms with E-state index in [2.05, 4.69) is 9.69 Å². The van der Waals surface area contributed by atoms with Crippen molar-refractivity contribution >= 4 is 11.4 Å². The summed E-state index contributed by atoms with van der Waals surface area (Å²) in [5.41, 5.74) is 5.76. The molecular formula is C36H34N2O5. The molecule has 2 aliphatic rings. The molecule has 0 radical (unpaired) electrons. The van der Waals surface area contributed by atoms with Crippen LogP contribution in [-0.4, -0.2) is 51.8 Å². The van der Waals surface area contributed by atoms with Gasteiger partial charge in [0, 0.05) is 6.61 Å². The van der Waals surface area contributed by atoms with Gasteiger partial charge in [0.1, 0.15) is 30.3 Å². The van der Waals surface area contributed by atoms with Crippen LogP contribution in [0, 0.1) is 13.1 Å². The second kappa shape index (κ2) is 15.5. The number of hydrogen-bond acceptors (Lipinski definition) is 5. The number of rotatable bonds is 13. The number of benzene rings is 4. The van der Waals surface area contributed by atoms with E-state index in [-0.39, 0.29) is 6.10 Å². The first kappa shape index (κ1) is 29.8. The third-order valence-corrected chi connectivity index (χ3v) is 6.86. The van der Waals surface area contributed by atoms with Crippen molar-refractivity contribution in [1.82, 2.24) is 0 Å². The quantitative estimate of drug-likeness (QED) is 0.0916. The van der Waals surface area contributed by atoms with Gasteiger partial charge in [-0.05, 0) is 59.4 Å². The fourth-order valence-corrected chi connectivity index (χ4v) is 4.17. The number of nitrogens with zero attached hydrogens (tertiary/aromatic N) is 2. The zero-order valence-electron chi connectivity index (χ0n) is 24.0. The van der Waals surface area contributed by atoms with Crippen molar-refractivity contribution in [3.63, 3.8) is 0 Å². The van der Waals surface area contributed by atoms with Gasteiger partial charge in [-0.3, -0.25) is 0 Å². The molecule has 4 aromatic rings. The lowest BCUT2D eigenvalue weighted by molar-refractivity contribution is 0.110. The predicted molar refractivity (Wildman–Crippen MR) is 167 cm³/mol.